The lowest BCUT2D eigenvalue weighted by molar-refractivity contribution is 0.0772. The second kappa shape index (κ2) is 14.7. The number of rotatable bonds is 9. The summed E-state index contributed by atoms with van der Waals surface area (Å²) < 4.78 is 3.66. The second-order valence-corrected chi connectivity index (χ2v) is 13.1. The molecule has 2 heterocycles. The van der Waals surface area contributed by atoms with E-state index >= 15 is 0 Å². The van der Waals surface area contributed by atoms with E-state index in [-0.39, 0.29) is 17.2 Å². The third-order valence-electron chi connectivity index (χ3n) is 7.85. The summed E-state index contributed by atoms with van der Waals surface area (Å²) in [6.45, 7) is 7.85. The van der Waals surface area contributed by atoms with Gasteiger partial charge in [0.15, 0.2) is 0 Å². The van der Waals surface area contributed by atoms with Crippen LogP contribution in [0.5, 0.6) is 0 Å². The first kappa shape index (κ1) is 32.9. The van der Waals surface area contributed by atoms with Crippen LogP contribution in [0.4, 0.5) is 0 Å². The standard InChI is InChI=1S/C21H24N2O.C17H24N2O/c1-22(2)15-14-18-16-23(20-11-7-6-10-19(18)20)21(24)13-12-17-8-4-3-5-9-17;1-17(2,3)16(20)19-12-13(10-11-18(4)5)14-8-6-7-9-15(14)19/h3-11,16H,12-15H2,1-2H3;6-9,12H,10-11H2,1-5H3. The highest BCUT2D eigenvalue weighted by molar-refractivity contribution is 5.96. The van der Waals surface area contributed by atoms with E-state index in [1.165, 1.54) is 27.5 Å². The van der Waals surface area contributed by atoms with E-state index in [1.54, 1.807) is 0 Å². The Morgan fingerprint density at radius 2 is 1.07 bits per heavy atom. The molecular formula is C38H48N4O2. The molecule has 0 atom stereocenters. The van der Waals surface area contributed by atoms with Gasteiger partial charge in [-0.1, -0.05) is 87.5 Å². The highest BCUT2D eigenvalue weighted by atomic mass is 16.2. The summed E-state index contributed by atoms with van der Waals surface area (Å²) in [5, 5.41) is 2.37. The van der Waals surface area contributed by atoms with Gasteiger partial charge in [-0.3, -0.25) is 18.7 Å². The van der Waals surface area contributed by atoms with Crippen LogP contribution in [0.3, 0.4) is 0 Å². The lowest BCUT2D eigenvalue weighted by Gasteiger charge is -2.17. The fourth-order valence-electron chi connectivity index (χ4n) is 5.34. The van der Waals surface area contributed by atoms with Crippen LogP contribution in [0.25, 0.3) is 21.8 Å². The average molecular weight is 593 g/mol. The smallest absolute Gasteiger partial charge is 0.236 e. The minimum Gasteiger partial charge on any atom is -0.309 e. The van der Waals surface area contributed by atoms with Crippen molar-refractivity contribution >= 4 is 33.6 Å². The van der Waals surface area contributed by atoms with Crippen molar-refractivity contribution in [1.29, 1.82) is 0 Å². The number of benzene rings is 3. The molecule has 6 heteroatoms. The Bertz CT molecular complexity index is 1690. The van der Waals surface area contributed by atoms with Gasteiger partial charge < -0.3 is 9.80 Å². The largest absolute Gasteiger partial charge is 0.309 e. The van der Waals surface area contributed by atoms with Gasteiger partial charge in [-0.2, -0.15) is 0 Å². The van der Waals surface area contributed by atoms with Gasteiger partial charge >= 0.3 is 0 Å². The number of para-hydroxylation sites is 2. The Hall–Kier alpha value is -4.00. The van der Waals surface area contributed by atoms with Gasteiger partial charge in [-0.05, 0) is 76.3 Å². The molecule has 232 valence electrons. The van der Waals surface area contributed by atoms with Crippen LogP contribution in [0.15, 0.2) is 91.3 Å². The van der Waals surface area contributed by atoms with Gasteiger partial charge in [0.1, 0.15) is 0 Å². The van der Waals surface area contributed by atoms with Crippen molar-refractivity contribution < 1.29 is 9.59 Å². The van der Waals surface area contributed by atoms with Crippen molar-refractivity contribution in [3.8, 4) is 0 Å². The molecular weight excluding hydrogens is 544 g/mol. The molecule has 2 aromatic heterocycles. The molecule has 0 amide bonds. The minimum atomic E-state index is -0.374. The minimum absolute atomic E-state index is 0.143. The van der Waals surface area contributed by atoms with E-state index in [0.29, 0.717) is 6.42 Å². The summed E-state index contributed by atoms with van der Waals surface area (Å²) in [5.41, 5.74) is 5.35. The number of likely N-dealkylation sites (N-methyl/N-ethyl adjacent to an activating group) is 2. The van der Waals surface area contributed by atoms with Gasteiger partial charge in [0.05, 0.1) is 11.0 Å². The van der Waals surface area contributed by atoms with Crippen LogP contribution < -0.4 is 0 Å². The van der Waals surface area contributed by atoms with Crippen molar-refractivity contribution in [2.45, 2.75) is 46.5 Å². The number of fused-ring (bicyclic) bond motifs is 2. The van der Waals surface area contributed by atoms with Gasteiger partial charge in [0, 0.05) is 48.1 Å². The molecule has 5 rings (SSSR count). The van der Waals surface area contributed by atoms with Crippen LogP contribution in [0.1, 0.15) is 53.5 Å². The molecule has 0 spiro atoms. The SMILES string of the molecule is CN(C)CCc1cn(C(=O)C(C)(C)C)c2ccccc12.CN(C)CCc1cn(C(=O)CCc2ccccc2)c2ccccc12. The number of carbonyl (C=O) groups excluding carboxylic acids is 2. The Morgan fingerprint density at radius 3 is 1.57 bits per heavy atom. The normalized spacial score (nSPS) is 11.8. The first-order valence-electron chi connectivity index (χ1n) is 15.5. The van der Waals surface area contributed by atoms with E-state index in [1.807, 2.05) is 96.9 Å². The zero-order chi connectivity index (χ0) is 31.9. The Labute approximate surface area is 262 Å². The quantitative estimate of drug-likeness (QED) is 0.178. The molecule has 0 N–H and O–H groups in total. The van der Waals surface area contributed by atoms with E-state index in [4.69, 9.17) is 0 Å². The summed E-state index contributed by atoms with van der Waals surface area (Å²) in [6.07, 6.45) is 7.25. The van der Waals surface area contributed by atoms with Crippen LogP contribution in [0.2, 0.25) is 0 Å². The van der Waals surface area contributed by atoms with E-state index < -0.39 is 0 Å². The molecule has 3 aromatic carbocycles. The maximum Gasteiger partial charge on any atom is 0.236 e. The molecule has 0 unspecified atom stereocenters. The number of aryl methyl sites for hydroxylation is 1. The van der Waals surface area contributed by atoms with Crippen molar-refractivity contribution in [2.75, 3.05) is 41.3 Å². The fourth-order valence-corrected chi connectivity index (χ4v) is 5.34. The zero-order valence-electron chi connectivity index (χ0n) is 27.5. The number of hydrogen-bond donors (Lipinski definition) is 0. The third-order valence-corrected chi connectivity index (χ3v) is 7.85. The van der Waals surface area contributed by atoms with Gasteiger partial charge in [-0.15, -0.1) is 0 Å². The number of hydrogen-bond acceptors (Lipinski definition) is 4. The Morgan fingerprint density at radius 1 is 0.614 bits per heavy atom. The van der Waals surface area contributed by atoms with Crippen molar-refractivity contribution in [1.82, 2.24) is 18.9 Å². The number of carbonyl (C=O) groups is 2. The number of aromatic nitrogens is 2. The molecule has 0 aliphatic carbocycles. The van der Waals surface area contributed by atoms with E-state index in [9.17, 15) is 9.59 Å². The Kier molecular flexibility index (Phi) is 11.0. The highest BCUT2D eigenvalue weighted by Gasteiger charge is 2.25. The van der Waals surface area contributed by atoms with Crippen LogP contribution in [-0.2, 0) is 19.3 Å². The van der Waals surface area contributed by atoms with Gasteiger partial charge in [0.25, 0.3) is 0 Å². The molecule has 0 fully saturated rings. The number of nitrogens with zero attached hydrogens (tertiary/aromatic N) is 4. The Balaban J connectivity index is 0.000000204. The molecule has 0 saturated carbocycles. The van der Waals surface area contributed by atoms with Crippen molar-refractivity contribution in [3.05, 3.63) is 108 Å². The molecule has 0 radical (unpaired) electrons. The second-order valence-electron chi connectivity index (χ2n) is 13.1. The van der Waals surface area contributed by atoms with Crippen molar-refractivity contribution in [2.24, 2.45) is 5.41 Å². The van der Waals surface area contributed by atoms with Crippen LogP contribution >= 0.6 is 0 Å². The van der Waals surface area contributed by atoms with Gasteiger partial charge in [-0.25, -0.2) is 0 Å². The van der Waals surface area contributed by atoms with E-state index in [0.717, 1.165) is 43.4 Å². The molecule has 5 aromatic rings. The zero-order valence-corrected chi connectivity index (χ0v) is 27.5. The maximum atomic E-state index is 12.7. The van der Waals surface area contributed by atoms with Crippen LogP contribution in [0, 0.1) is 5.41 Å². The van der Waals surface area contributed by atoms with Gasteiger partial charge in [0.2, 0.25) is 11.8 Å². The van der Waals surface area contributed by atoms with Crippen molar-refractivity contribution in [3.63, 3.8) is 0 Å². The third kappa shape index (κ3) is 8.34. The predicted octanol–water partition coefficient (Wildman–Crippen LogP) is 7.45. The summed E-state index contributed by atoms with van der Waals surface area (Å²) in [5.74, 6) is 0.302. The molecule has 6 nitrogen and oxygen atoms in total. The molecule has 0 aliphatic rings. The maximum absolute atomic E-state index is 12.7. The van der Waals surface area contributed by atoms with Crippen LogP contribution in [-0.4, -0.2) is 72.0 Å². The summed E-state index contributed by atoms with van der Waals surface area (Å²) >= 11 is 0. The summed E-state index contributed by atoms with van der Waals surface area (Å²) in [7, 11) is 8.29. The average Bonchev–Trinajstić information content (AvgIpc) is 3.56. The lowest BCUT2D eigenvalue weighted by atomic mass is 9.95. The first-order valence-corrected chi connectivity index (χ1v) is 15.5. The predicted molar refractivity (Wildman–Crippen MR) is 184 cm³/mol. The first-order chi connectivity index (χ1) is 21.0. The fraction of sp³-hybridized carbons (Fsp3) is 0.368. The van der Waals surface area contributed by atoms with E-state index in [2.05, 4.69) is 62.3 Å². The topological polar surface area (TPSA) is 50.5 Å². The molecule has 0 bridgehead atoms. The molecule has 0 saturated heterocycles. The summed E-state index contributed by atoms with van der Waals surface area (Å²) in [4.78, 5) is 29.7. The molecule has 44 heavy (non-hydrogen) atoms. The monoisotopic (exact) mass is 592 g/mol. The lowest BCUT2D eigenvalue weighted by Crippen LogP contribution is -2.26. The highest BCUT2D eigenvalue weighted by Crippen LogP contribution is 2.26. The molecule has 0 aliphatic heterocycles. The summed E-state index contributed by atoms with van der Waals surface area (Å²) in [6, 6.07) is 26.5.